The SMILES string of the molecule is CCc1ccc2c(c(C=O)cn2C)c1O. The molecular formula is C12H13NO2. The summed E-state index contributed by atoms with van der Waals surface area (Å²) in [5.74, 6) is 0.234. The number of aromatic nitrogens is 1. The predicted molar refractivity (Wildman–Crippen MR) is 59.3 cm³/mol. The van der Waals surface area contributed by atoms with E-state index in [-0.39, 0.29) is 5.75 Å². The molecule has 0 unspecified atom stereocenters. The molecular weight excluding hydrogens is 190 g/mol. The van der Waals surface area contributed by atoms with Crippen LogP contribution in [0.4, 0.5) is 0 Å². The monoisotopic (exact) mass is 203 g/mol. The van der Waals surface area contributed by atoms with Crippen molar-refractivity contribution in [3.05, 3.63) is 29.5 Å². The van der Waals surface area contributed by atoms with E-state index in [1.54, 1.807) is 6.20 Å². The van der Waals surface area contributed by atoms with Gasteiger partial charge in [0.05, 0.1) is 10.9 Å². The van der Waals surface area contributed by atoms with Gasteiger partial charge >= 0.3 is 0 Å². The maximum Gasteiger partial charge on any atom is 0.152 e. The Labute approximate surface area is 87.9 Å². The minimum Gasteiger partial charge on any atom is -0.507 e. The molecule has 1 N–H and O–H groups in total. The average molecular weight is 203 g/mol. The number of fused-ring (bicyclic) bond motifs is 1. The minimum absolute atomic E-state index is 0.234. The molecule has 3 nitrogen and oxygen atoms in total. The molecule has 0 saturated carbocycles. The lowest BCUT2D eigenvalue weighted by Crippen LogP contribution is -1.86. The van der Waals surface area contributed by atoms with Gasteiger partial charge in [0.15, 0.2) is 6.29 Å². The number of phenolic OH excluding ortho intramolecular Hbond substituents is 1. The average Bonchev–Trinajstić information content (AvgIpc) is 2.57. The first-order valence-electron chi connectivity index (χ1n) is 4.94. The molecule has 0 aliphatic heterocycles. The number of nitrogens with zero attached hydrogens (tertiary/aromatic N) is 1. The molecule has 0 aliphatic carbocycles. The van der Waals surface area contributed by atoms with Gasteiger partial charge in [-0.25, -0.2) is 0 Å². The van der Waals surface area contributed by atoms with Crippen LogP contribution in [0.1, 0.15) is 22.8 Å². The van der Waals surface area contributed by atoms with E-state index in [2.05, 4.69) is 0 Å². The maximum absolute atomic E-state index is 10.9. The van der Waals surface area contributed by atoms with Gasteiger partial charge in [0.1, 0.15) is 5.75 Å². The lowest BCUT2D eigenvalue weighted by Gasteiger charge is -2.04. The number of aromatic hydroxyl groups is 1. The van der Waals surface area contributed by atoms with Gasteiger partial charge in [0.2, 0.25) is 0 Å². The number of rotatable bonds is 2. The fourth-order valence-corrected chi connectivity index (χ4v) is 1.92. The van der Waals surface area contributed by atoms with Crippen LogP contribution < -0.4 is 0 Å². The summed E-state index contributed by atoms with van der Waals surface area (Å²) in [6.45, 7) is 1.98. The van der Waals surface area contributed by atoms with E-state index in [1.165, 1.54) is 0 Å². The van der Waals surface area contributed by atoms with E-state index in [1.807, 2.05) is 30.7 Å². The molecule has 0 saturated heterocycles. The third-order valence-electron chi connectivity index (χ3n) is 2.75. The van der Waals surface area contributed by atoms with E-state index in [4.69, 9.17) is 0 Å². The van der Waals surface area contributed by atoms with Gasteiger partial charge in [-0.15, -0.1) is 0 Å². The third kappa shape index (κ3) is 1.31. The van der Waals surface area contributed by atoms with Crippen molar-refractivity contribution in [1.82, 2.24) is 4.57 Å². The van der Waals surface area contributed by atoms with Crippen molar-refractivity contribution in [3.63, 3.8) is 0 Å². The number of benzene rings is 1. The Hall–Kier alpha value is -1.77. The lowest BCUT2D eigenvalue weighted by atomic mass is 10.1. The quantitative estimate of drug-likeness (QED) is 0.761. The highest BCUT2D eigenvalue weighted by Crippen LogP contribution is 2.32. The van der Waals surface area contributed by atoms with Crippen LogP contribution >= 0.6 is 0 Å². The third-order valence-corrected chi connectivity index (χ3v) is 2.75. The molecule has 0 spiro atoms. The Morgan fingerprint density at radius 2 is 2.20 bits per heavy atom. The molecule has 2 rings (SSSR count). The second-order valence-electron chi connectivity index (χ2n) is 3.63. The predicted octanol–water partition coefficient (Wildman–Crippen LogP) is 2.26. The highest BCUT2D eigenvalue weighted by molar-refractivity contribution is 6.01. The van der Waals surface area contributed by atoms with Crippen molar-refractivity contribution in [1.29, 1.82) is 0 Å². The molecule has 78 valence electrons. The Kier molecular flexibility index (Phi) is 2.23. The molecule has 1 heterocycles. The summed E-state index contributed by atoms with van der Waals surface area (Å²) in [6, 6.07) is 3.83. The van der Waals surface area contributed by atoms with Crippen LogP contribution in [0.2, 0.25) is 0 Å². The zero-order valence-corrected chi connectivity index (χ0v) is 8.82. The van der Waals surface area contributed by atoms with Gasteiger partial charge in [-0.05, 0) is 18.1 Å². The summed E-state index contributed by atoms with van der Waals surface area (Å²) < 4.78 is 1.85. The molecule has 2 aromatic rings. The van der Waals surface area contributed by atoms with E-state index in [0.29, 0.717) is 10.9 Å². The molecule has 0 fully saturated rings. The standard InChI is InChI=1S/C12H13NO2/c1-3-8-4-5-10-11(12(8)15)9(7-14)6-13(10)2/h4-7,15H,3H2,1-2H3. The number of carbonyl (C=O) groups is 1. The zero-order chi connectivity index (χ0) is 11.0. The molecule has 15 heavy (non-hydrogen) atoms. The van der Waals surface area contributed by atoms with Crippen LogP contribution in [0.3, 0.4) is 0 Å². The summed E-state index contributed by atoms with van der Waals surface area (Å²) >= 11 is 0. The molecule has 0 aliphatic rings. The number of aldehydes is 1. The summed E-state index contributed by atoms with van der Waals surface area (Å²) in [5.41, 5.74) is 2.30. The molecule has 3 heteroatoms. The Balaban J connectivity index is 2.89. The van der Waals surface area contributed by atoms with Crippen molar-refractivity contribution < 1.29 is 9.90 Å². The largest absolute Gasteiger partial charge is 0.507 e. The molecule has 0 amide bonds. The van der Waals surface area contributed by atoms with Crippen LogP contribution in [-0.2, 0) is 13.5 Å². The van der Waals surface area contributed by atoms with Gasteiger partial charge < -0.3 is 9.67 Å². The summed E-state index contributed by atoms with van der Waals surface area (Å²) in [7, 11) is 1.86. The van der Waals surface area contributed by atoms with Crippen LogP contribution in [0.5, 0.6) is 5.75 Å². The van der Waals surface area contributed by atoms with Gasteiger partial charge in [-0.1, -0.05) is 13.0 Å². The van der Waals surface area contributed by atoms with Crippen molar-refractivity contribution >= 4 is 17.2 Å². The highest BCUT2D eigenvalue weighted by Gasteiger charge is 2.12. The Morgan fingerprint density at radius 1 is 1.47 bits per heavy atom. The fourth-order valence-electron chi connectivity index (χ4n) is 1.92. The van der Waals surface area contributed by atoms with Crippen LogP contribution in [-0.4, -0.2) is 16.0 Å². The summed E-state index contributed by atoms with van der Waals surface area (Å²) in [6.07, 6.45) is 3.27. The van der Waals surface area contributed by atoms with Crippen LogP contribution in [0, 0.1) is 0 Å². The number of aryl methyl sites for hydroxylation is 2. The highest BCUT2D eigenvalue weighted by atomic mass is 16.3. The summed E-state index contributed by atoms with van der Waals surface area (Å²) in [5, 5.41) is 10.7. The van der Waals surface area contributed by atoms with Gasteiger partial charge in [-0.2, -0.15) is 0 Å². The van der Waals surface area contributed by atoms with E-state index in [9.17, 15) is 9.90 Å². The second-order valence-corrected chi connectivity index (χ2v) is 3.63. The van der Waals surface area contributed by atoms with Crippen molar-refractivity contribution in [2.75, 3.05) is 0 Å². The van der Waals surface area contributed by atoms with Crippen molar-refractivity contribution in [2.45, 2.75) is 13.3 Å². The van der Waals surface area contributed by atoms with Gasteiger partial charge in [0.25, 0.3) is 0 Å². The topological polar surface area (TPSA) is 42.2 Å². The number of hydrogen-bond acceptors (Lipinski definition) is 2. The van der Waals surface area contributed by atoms with E-state index >= 15 is 0 Å². The maximum atomic E-state index is 10.9. The molecule has 0 atom stereocenters. The van der Waals surface area contributed by atoms with E-state index in [0.717, 1.165) is 23.8 Å². The van der Waals surface area contributed by atoms with Gasteiger partial charge in [-0.3, -0.25) is 4.79 Å². The number of hydrogen-bond donors (Lipinski definition) is 1. The first-order chi connectivity index (χ1) is 7.19. The fraction of sp³-hybridized carbons (Fsp3) is 0.250. The van der Waals surface area contributed by atoms with Crippen LogP contribution in [0.25, 0.3) is 10.9 Å². The first-order valence-corrected chi connectivity index (χ1v) is 4.94. The first kappa shape index (κ1) is 9.77. The van der Waals surface area contributed by atoms with Crippen molar-refractivity contribution in [2.24, 2.45) is 7.05 Å². The molecule has 1 aromatic carbocycles. The van der Waals surface area contributed by atoms with Gasteiger partial charge in [0, 0.05) is 18.8 Å². The minimum atomic E-state index is 0.234. The lowest BCUT2D eigenvalue weighted by molar-refractivity contribution is 0.112. The second kappa shape index (κ2) is 3.42. The normalized spacial score (nSPS) is 10.8. The van der Waals surface area contributed by atoms with Crippen molar-refractivity contribution in [3.8, 4) is 5.75 Å². The van der Waals surface area contributed by atoms with Crippen LogP contribution in [0.15, 0.2) is 18.3 Å². The zero-order valence-electron chi connectivity index (χ0n) is 8.82. The molecule has 1 aromatic heterocycles. The Bertz CT molecular complexity index is 526. The molecule has 0 radical (unpaired) electrons. The number of carbonyl (C=O) groups excluding carboxylic acids is 1. The summed E-state index contributed by atoms with van der Waals surface area (Å²) in [4.78, 5) is 10.9. The smallest absolute Gasteiger partial charge is 0.152 e. The Morgan fingerprint density at radius 3 is 2.80 bits per heavy atom. The number of phenols is 1. The molecule has 0 bridgehead atoms. The van der Waals surface area contributed by atoms with E-state index < -0.39 is 0 Å².